The Morgan fingerprint density at radius 1 is 0.895 bits per heavy atom. The van der Waals surface area contributed by atoms with Gasteiger partial charge in [0, 0.05) is 5.41 Å². The predicted molar refractivity (Wildman–Crippen MR) is 167 cm³/mol. The number of fused-ring (bicyclic) bond motifs is 2. The summed E-state index contributed by atoms with van der Waals surface area (Å²) >= 11 is 0. The average Bonchev–Trinajstić information content (AvgIpc) is 3.14. The van der Waals surface area contributed by atoms with Crippen LogP contribution < -0.4 is 0 Å². The first kappa shape index (κ1) is 26.2. The number of allylic oxidation sites excluding steroid dienone is 8. The molecule has 0 amide bonds. The Kier molecular flexibility index (Phi) is 7.44. The molecule has 3 aromatic rings. The van der Waals surface area contributed by atoms with E-state index in [-0.39, 0.29) is 5.41 Å². The molecule has 0 aliphatic heterocycles. The van der Waals surface area contributed by atoms with E-state index in [1.165, 1.54) is 55.7 Å². The summed E-state index contributed by atoms with van der Waals surface area (Å²) in [7, 11) is 0. The van der Waals surface area contributed by atoms with E-state index in [1.807, 2.05) is 0 Å². The molecule has 0 heterocycles. The van der Waals surface area contributed by atoms with E-state index in [1.54, 1.807) is 5.57 Å². The topological polar surface area (TPSA) is 0 Å². The second kappa shape index (κ2) is 10.8. The Morgan fingerprint density at radius 3 is 2.21 bits per heavy atom. The molecule has 5 rings (SSSR count). The quantitative estimate of drug-likeness (QED) is 0.284. The van der Waals surface area contributed by atoms with Crippen molar-refractivity contribution in [2.24, 2.45) is 5.92 Å². The molecule has 2 aliphatic rings. The monoisotopic (exact) mass is 498 g/mol. The molecule has 1 unspecified atom stereocenters. The first-order valence-corrected chi connectivity index (χ1v) is 14.5. The van der Waals surface area contributed by atoms with Crippen molar-refractivity contribution in [3.05, 3.63) is 124 Å². The van der Waals surface area contributed by atoms with E-state index in [4.69, 9.17) is 0 Å². The number of benzene rings is 3. The molecule has 38 heavy (non-hydrogen) atoms. The van der Waals surface area contributed by atoms with Gasteiger partial charge in [0.25, 0.3) is 0 Å². The maximum absolute atomic E-state index is 2.48. The highest BCUT2D eigenvalue weighted by molar-refractivity contribution is 5.88. The van der Waals surface area contributed by atoms with Crippen molar-refractivity contribution in [3.8, 4) is 11.1 Å². The minimum atomic E-state index is 0.0520. The van der Waals surface area contributed by atoms with Crippen molar-refractivity contribution in [3.63, 3.8) is 0 Å². The minimum absolute atomic E-state index is 0.0520. The Morgan fingerprint density at radius 2 is 1.55 bits per heavy atom. The van der Waals surface area contributed by atoms with E-state index in [9.17, 15) is 0 Å². The Labute approximate surface area is 230 Å². The van der Waals surface area contributed by atoms with Crippen molar-refractivity contribution in [1.29, 1.82) is 0 Å². The summed E-state index contributed by atoms with van der Waals surface area (Å²) in [5.74, 6) is 0.614. The van der Waals surface area contributed by atoms with Crippen molar-refractivity contribution in [2.75, 3.05) is 0 Å². The second-order valence-corrected chi connectivity index (χ2v) is 11.7. The van der Waals surface area contributed by atoms with Gasteiger partial charge in [0.15, 0.2) is 0 Å². The molecule has 1 atom stereocenters. The lowest BCUT2D eigenvalue weighted by Gasteiger charge is -2.25. The third-order valence-corrected chi connectivity index (χ3v) is 8.38. The van der Waals surface area contributed by atoms with Gasteiger partial charge in [-0.15, -0.1) is 0 Å². The third kappa shape index (κ3) is 5.02. The summed E-state index contributed by atoms with van der Waals surface area (Å²) in [4.78, 5) is 0. The van der Waals surface area contributed by atoms with Crippen molar-refractivity contribution in [2.45, 2.75) is 72.6 Å². The molecule has 3 aromatic carbocycles. The largest absolute Gasteiger partial charge is 0.0810 e. The van der Waals surface area contributed by atoms with Gasteiger partial charge < -0.3 is 0 Å². The number of rotatable bonds is 7. The fourth-order valence-corrected chi connectivity index (χ4v) is 6.21. The van der Waals surface area contributed by atoms with Crippen LogP contribution >= 0.6 is 0 Å². The third-order valence-electron chi connectivity index (χ3n) is 8.38. The number of aryl methyl sites for hydroxylation is 1. The predicted octanol–water partition coefficient (Wildman–Crippen LogP) is 11.0. The first-order chi connectivity index (χ1) is 18.3. The average molecular weight is 499 g/mol. The van der Waals surface area contributed by atoms with Gasteiger partial charge in [-0.05, 0) is 93.8 Å². The van der Waals surface area contributed by atoms with Gasteiger partial charge in [-0.1, -0.05) is 132 Å². The van der Waals surface area contributed by atoms with Crippen LogP contribution in [0.15, 0.2) is 96.6 Å². The van der Waals surface area contributed by atoms with E-state index in [0.717, 1.165) is 25.7 Å². The van der Waals surface area contributed by atoms with Crippen molar-refractivity contribution >= 4 is 16.7 Å². The van der Waals surface area contributed by atoms with Gasteiger partial charge in [0.2, 0.25) is 0 Å². The Balaban J connectivity index is 1.50. The van der Waals surface area contributed by atoms with Crippen LogP contribution in [-0.2, 0) is 5.41 Å². The van der Waals surface area contributed by atoms with Crippen LogP contribution in [0, 0.1) is 12.8 Å². The van der Waals surface area contributed by atoms with E-state index >= 15 is 0 Å². The molecule has 0 saturated heterocycles. The minimum Gasteiger partial charge on any atom is -0.0810 e. The number of hydrogen-bond acceptors (Lipinski definition) is 0. The van der Waals surface area contributed by atoms with Crippen LogP contribution in [0.5, 0.6) is 0 Å². The molecular formula is C38H42. The van der Waals surface area contributed by atoms with Crippen LogP contribution in [0.1, 0.15) is 88.1 Å². The summed E-state index contributed by atoms with van der Waals surface area (Å²) in [5.41, 5.74) is 15.3. The van der Waals surface area contributed by atoms with Gasteiger partial charge >= 0.3 is 0 Å². The lowest BCUT2D eigenvalue weighted by Crippen LogP contribution is -2.17. The zero-order valence-electron chi connectivity index (χ0n) is 24.1. The van der Waals surface area contributed by atoms with Crippen LogP contribution in [-0.4, -0.2) is 0 Å². The maximum atomic E-state index is 2.48. The van der Waals surface area contributed by atoms with Gasteiger partial charge in [-0.2, -0.15) is 0 Å². The zero-order chi connectivity index (χ0) is 26.9. The summed E-state index contributed by atoms with van der Waals surface area (Å²) in [6, 6.07) is 25.2. The standard InChI is InChI=1S/C38H42/c1-7-9-31(30-18-16-29(17-19-30)28-14-11-26(3)12-15-28)24-32(10-8-2)33-20-21-34-35-23-27(4)13-22-36(35)38(5,6)37(34)25-33/h10-22,24-25,27H,7-9,23H2,1-6H3/b31-24+,32-10-. The van der Waals surface area contributed by atoms with Crippen molar-refractivity contribution < 1.29 is 0 Å². The molecule has 0 fully saturated rings. The summed E-state index contributed by atoms with van der Waals surface area (Å²) in [5, 5.41) is 0. The summed E-state index contributed by atoms with van der Waals surface area (Å²) < 4.78 is 0. The van der Waals surface area contributed by atoms with Crippen LogP contribution in [0.25, 0.3) is 27.8 Å². The Hall–Kier alpha value is -3.38. The zero-order valence-corrected chi connectivity index (χ0v) is 24.1. The maximum Gasteiger partial charge on any atom is 0.0155 e. The molecule has 0 bridgehead atoms. The molecule has 0 radical (unpaired) electrons. The SMILES string of the molecule is CC/C=C(/C=C(\CCC)c1ccc(-c2ccc(C)cc2)cc1)c1ccc2c(c1)C(C)(C)C1=C2CC(C)C=C1. The molecule has 0 heteroatoms. The molecular weight excluding hydrogens is 456 g/mol. The van der Waals surface area contributed by atoms with E-state index in [2.05, 4.69) is 133 Å². The van der Waals surface area contributed by atoms with E-state index < -0.39 is 0 Å². The van der Waals surface area contributed by atoms with Gasteiger partial charge in [-0.25, -0.2) is 0 Å². The molecule has 0 aromatic heterocycles. The van der Waals surface area contributed by atoms with Gasteiger partial charge in [-0.3, -0.25) is 0 Å². The van der Waals surface area contributed by atoms with E-state index in [0.29, 0.717) is 5.92 Å². The van der Waals surface area contributed by atoms with Crippen LogP contribution in [0.4, 0.5) is 0 Å². The Bertz CT molecular complexity index is 1430. The highest BCUT2D eigenvalue weighted by atomic mass is 14.4. The fraction of sp³-hybridized carbons (Fsp3) is 0.316. The lowest BCUT2D eigenvalue weighted by molar-refractivity contribution is 0.643. The summed E-state index contributed by atoms with van der Waals surface area (Å²) in [6.07, 6.45) is 14.0. The number of hydrogen-bond donors (Lipinski definition) is 0. The van der Waals surface area contributed by atoms with Gasteiger partial charge in [0.1, 0.15) is 0 Å². The molecule has 194 valence electrons. The summed E-state index contributed by atoms with van der Waals surface area (Å²) in [6.45, 7) is 13.8. The normalized spacial score (nSPS) is 18.5. The first-order valence-electron chi connectivity index (χ1n) is 14.5. The molecule has 2 aliphatic carbocycles. The second-order valence-electron chi connectivity index (χ2n) is 11.7. The highest BCUT2D eigenvalue weighted by Crippen LogP contribution is 2.51. The van der Waals surface area contributed by atoms with Crippen LogP contribution in [0.3, 0.4) is 0 Å². The van der Waals surface area contributed by atoms with Crippen LogP contribution in [0.2, 0.25) is 0 Å². The highest BCUT2D eigenvalue weighted by Gasteiger charge is 2.38. The fourth-order valence-electron chi connectivity index (χ4n) is 6.21. The molecule has 0 N–H and O–H groups in total. The van der Waals surface area contributed by atoms with Crippen molar-refractivity contribution in [1.82, 2.24) is 0 Å². The molecule has 0 saturated carbocycles. The lowest BCUT2D eigenvalue weighted by atomic mass is 9.78. The molecule has 0 nitrogen and oxygen atoms in total. The van der Waals surface area contributed by atoms with Gasteiger partial charge in [0.05, 0.1) is 0 Å². The smallest absolute Gasteiger partial charge is 0.0155 e. The molecule has 0 spiro atoms.